The zero-order chi connectivity index (χ0) is 20.3. The third kappa shape index (κ3) is 3.81. The van der Waals surface area contributed by atoms with Crippen LogP contribution in [0.15, 0.2) is 0 Å². The molecule has 0 heterocycles. The van der Waals surface area contributed by atoms with Gasteiger partial charge in [-0.05, 0) is 99.7 Å². The van der Waals surface area contributed by atoms with Gasteiger partial charge in [0.1, 0.15) is 5.78 Å². The van der Waals surface area contributed by atoms with Gasteiger partial charge in [-0.15, -0.1) is 0 Å². The van der Waals surface area contributed by atoms with Crippen molar-refractivity contribution in [2.24, 2.45) is 40.9 Å². The van der Waals surface area contributed by atoms with Gasteiger partial charge < -0.3 is 5.11 Å². The molecule has 8 atom stereocenters. The van der Waals surface area contributed by atoms with Crippen LogP contribution in [-0.4, -0.2) is 35.2 Å². The predicted octanol–water partition coefficient (Wildman–Crippen LogP) is 4.11. The Morgan fingerprint density at radius 3 is 2.43 bits per heavy atom. The van der Waals surface area contributed by atoms with Crippen molar-refractivity contribution >= 4 is 25.7 Å². The molecule has 4 fully saturated rings. The minimum absolute atomic E-state index is 0.00604. The standard InChI is InChI=1S/C21H34O5S2/c1-20(23)9-7-14-13(11-20)3-4-16-15(14)8-10-21(2)17(16)5-6-18(21)19(22)12-27-28(24,25)26/h13-18,23H,3-12H2,1-2H3,(H,24,25,26)/t13-,14-,15?,16?,17?,18+,20+,21-/m0/s1. The average molecular weight is 431 g/mol. The number of fused-ring (bicyclic) bond motifs is 5. The molecule has 0 aromatic heterocycles. The van der Waals surface area contributed by atoms with Crippen LogP contribution in [-0.2, 0) is 13.9 Å². The maximum Gasteiger partial charge on any atom is 0.320 e. The number of ketones is 1. The lowest BCUT2D eigenvalue weighted by Gasteiger charge is -2.56. The number of carbonyl (C=O) groups is 1. The second-order valence-electron chi connectivity index (χ2n) is 10.5. The highest BCUT2D eigenvalue weighted by Crippen LogP contribution is 2.64. The minimum Gasteiger partial charge on any atom is -0.390 e. The SMILES string of the molecule is C[C@@]1(O)CC[C@@H]2C3CC[C@@]4(C)C(CC[C@@H]4C(=O)CSS(=O)(=O)O)C3CC[C@H]2C1. The van der Waals surface area contributed by atoms with Gasteiger partial charge in [0.05, 0.1) is 11.4 Å². The number of hydrogen-bond donors (Lipinski definition) is 2. The number of aliphatic hydroxyl groups is 1. The van der Waals surface area contributed by atoms with Crippen LogP contribution in [0.3, 0.4) is 0 Å². The largest absolute Gasteiger partial charge is 0.390 e. The van der Waals surface area contributed by atoms with Gasteiger partial charge in [0, 0.05) is 16.7 Å². The lowest BCUT2D eigenvalue weighted by atomic mass is 9.49. The molecule has 0 radical (unpaired) electrons. The Balaban J connectivity index is 1.47. The van der Waals surface area contributed by atoms with Crippen molar-refractivity contribution in [3.05, 3.63) is 0 Å². The maximum atomic E-state index is 12.8. The summed E-state index contributed by atoms with van der Waals surface area (Å²) in [5, 5.41) is 10.5. The molecular formula is C21H34O5S2. The summed E-state index contributed by atoms with van der Waals surface area (Å²) >= 11 is 0. The van der Waals surface area contributed by atoms with Crippen LogP contribution < -0.4 is 0 Å². The van der Waals surface area contributed by atoms with Crippen LogP contribution >= 0.6 is 10.8 Å². The fraction of sp³-hybridized carbons (Fsp3) is 0.952. The first-order valence-electron chi connectivity index (χ1n) is 10.9. The van der Waals surface area contributed by atoms with Gasteiger partial charge in [-0.1, -0.05) is 6.92 Å². The predicted molar refractivity (Wildman–Crippen MR) is 110 cm³/mol. The van der Waals surface area contributed by atoms with E-state index in [4.69, 9.17) is 4.55 Å². The summed E-state index contributed by atoms with van der Waals surface area (Å²) in [4.78, 5) is 12.8. The molecule has 0 aliphatic heterocycles. The summed E-state index contributed by atoms with van der Waals surface area (Å²) in [5.74, 6) is 3.13. The molecule has 0 spiro atoms. The summed E-state index contributed by atoms with van der Waals surface area (Å²) in [7, 11) is -3.81. The van der Waals surface area contributed by atoms with Gasteiger partial charge >= 0.3 is 9.15 Å². The summed E-state index contributed by atoms with van der Waals surface area (Å²) in [6, 6.07) is 0. The molecule has 0 amide bonds. The second kappa shape index (κ2) is 7.24. The van der Waals surface area contributed by atoms with Gasteiger partial charge in [0.15, 0.2) is 0 Å². The van der Waals surface area contributed by atoms with Crippen molar-refractivity contribution < 1.29 is 22.9 Å². The van der Waals surface area contributed by atoms with Crippen molar-refractivity contribution in [2.45, 2.75) is 77.2 Å². The van der Waals surface area contributed by atoms with Gasteiger partial charge in [-0.3, -0.25) is 9.35 Å². The molecule has 0 bridgehead atoms. The quantitative estimate of drug-likeness (QED) is 0.515. The molecule has 0 aromatic carbocycles. The molecule has 4 saturated carbocycles. The van der Waals surface area contributed by atoms with Crippen LogP contribution in [0.1, 0.15) is 71.6 Å². The monoisotopic (exact) mass is 430 g/mol. The van der Waals surface area contributed by atoms with Crippen molar-refractivity contribution in [1.82, 2.24) is 0 Å². The highest BCUT2D eigenvalue weighted by Gasteiger charge is 2.58. The summed E-state index contributed by atoms with van der Waals surface area (Å²) < 4.78 is 31.0. The van der Waals surface area contributed by atoms with E-state index < -0.39 is 14.8 Å². The molecular weight excluding hydrogens is 396 g/mol. The van der Waals surface area contributed by atoms with Crippen LogP contribution in [0.5, 0.6) is 0 Å². The van der Waals surface area contributed by atoms with Crippen LogP contribution in [0.4, 0.5) is 0 Å². The van der Waals surface area contributed by atoms with Crippen molar-refractivity contribution in [3.8, 4) is 0 Å². The number of carbonyl (C=O) groups excluding carboxylic acids is 1. The van der Waals surface area contributed by atoms with Crippen molar-refractivity contribution in [1.29, 1.82) is 0 Å². The number of Topliss-reactive ketones (excluding diaryl/α,β-unsaturated/α-hetero) is 1. The Hall–Kier alpha value is -0.110. The molecule has 7 heteroatoms. The maximum absolute atomic E-state index is 12.8. The first-order chi connectivity index (χ1) is 13.0. The van der Waals surface area contributed by atoms with E-state index in [1.807, 2.05) is 6.92 Å². The first kappa shape index (κ1) is 21.1. The summed E-state index contributed by atoms with van der Waals surface area (Å²) in [6.07, 6.45) is 9.54. The zero-order valence-electron chi connectivity index (χ0n) is 17.0. The van der Waals surface area contributed by atoms with Gasteiger partial charge in [-0.2, -0.15) is 8.42 Å². The average Bonchev–Trinajstić information content (AvgIpc) is 2.95. The molecule has 0 saturated heterocycles. The molecule has 3 unspecified atom stereocenters. The van der Waals surface area contributed by atoms with Gasteiger partial charge in [-0.25, -0.2) is 0 Å². The highest BCUT2D eigenvalue weighted by atomic mass is 33.1. The molecule has 4 aliphatic carbocycles. The van der Waals surface area contributed by atoms with Gasteiger partial charge in [0.2, 0.25) is 0 Å². The highest BCUT2D eigenvalue weighted by molar-refractivity contribution is 8.70. The zero-order valence-corrected chi connectivity index (χ0v) is 18.6. The van der Waals surface area contributed by atoms with E-state index in [1.165, 1.54) is 12.8 Å². The number of rotatable bonds is 4. The van der Waals surface area contributed by atoms with E-state index in [2.05, 4.69) is 6.92 Å². The molecule has 0 aromatic rings. The Morgan fingerprint density at radius 1 is 1.00 bits per heavy atom. The van der Waals surface area contributed by atoms with E-state index in [-0.39, 0.29) is 22.9 Å². The molecule has 4 aliphatic rings. The van der Waals surface area contributed by atoms with Crippen LogP contribution in [0, 0.1) is 40.9 Å². The molecule has 5 nitrogen and oxygen atoms in total. The fourth-order valence-electron chi connectivity index (χ4n) is 7.84. The molecule has 160 valence electrons. The normalized spacial score (nSPS) is 48.4. The first-order valence-corrected chi connectivity index (χ1v) is 13.8. The molecule has 4 rings (SSSR count). The van der Waals surface area contributed by atoms with Gasteiger partial charge in [0.25, 0.3) is 0 Å². The van der Waals surface area contributed by atoms with E-state index in [0.717, 1.165) is 56.8 Å². The fourth-order valence-corrected chi connectivity index (χ4v) is 9.11. The number of hydrogen-bond acceptors (Lipinski definition) is 5. The molecule has 28 heavy (non-hydrogen) atoms. The summed E-state index contributed by atoms with van der Waals surface area (Å²) in [6.45, 7) is 4.25. The lowest BCUT2D eigenvalue weighted by molar-refractivity contribution is -0.129. The Bertz CT molecular complexity index is 733. The van der Waals surface area contributed by atoms with E-state index in [1.54, 1.807) is 0 Å². The third-order valence-electron chi connectivity index (χ3n) is 8.98. The van der Waals surface area contributed by atoms with Crippen molar-refractivity contribution in [3.63, 3.8) is 0 Å². The Labute approximate surface area is 172 Å². The van der Waals surface area contributed by atoms with E-state index in [0.29, 0.717) is 28.5 Å². The Morgan fingerprint density at radius 2 is 1.71 bits per heavy atom. The minimum atomic E-state index is -4.16. The van der Waals surface area contributed by atoms with Crippen LogP contribution in [0.25, 0.3) is 0 Å². The molecule has 2 N–H and O–H groups in total. The van der Waals surface area contributed by atoms with Crippen molar-refractivity contribution in [2.75, 3.05) is 5.75 Å². The van der Waals surface area contributed by atoms with Crippen LogP contribution in [0.2, 0.25) is 0 Å². The second-order valence-corrected chi connectivity index (χ2v) is 13.9. The topological polar surface area (TPSA) is 91.7 Å². The van der Waals surface area contributed by atoms with E-state index in [9.17, 15) is 18.3 Å². The smallest absolute Gasteiger partial charge is 0.320 e. The van der Waals surface area contributed by atoms with E-state index >= 15 is 0 Å². The third-order valence-corrected chi connectivity index (χ3v) is 10.9. The Kier molecular flexibility index (Phi) is 5.47. The summed E-state index contributed by atoms with van der Waals surface area (Å²) in [5.41, 5.74) is -0.516. The lowest BCUT2D eigenvalue weighted by Crippen LogP contribution is -2.51.